The Hall–Kier alpha value is -3.77. The molecular weight excluding hydrogens is 486 g/mol. The zero-order valence-corrected chi connectivity index (χ0v) is 22.3. The molecule has 0 atom stereocenters. The number of hydrogen-bond acceptors (Lipinski definition) is 4. The van der Waals surface area contributed by atoms with Crippen molar-refractivity contribution >= 4 is 39.2 Å². The summed E-state index contributed by atoms with van der Waals surface area (Å²) in [4.78, 5) is 16.3. The number of aromatic nitrogens is 3. The van der Waals surface area contributed by atoms with E-state index in [1.807, 2.05) is 68.9 Å². The summed E-state index contributed by atoms with van der Waals surface area (Å²) in [7, 11) is 1.92. The van der Waals surface area contributed by atoms with Crippen molar-refractivity contribution < 1.29 is 14.3 Å². The van der Waals surface area contributed by atoms with Gasteiger partial charge in [0.15, 0.2) is 0 Å². The van der Waals surface area contributed by atoms with Crippen LogP contribution in [0, 0.1) is 13.8 Å². The lowest BCUT2D eigenvalue weighted by Crippen LogP contribution is -2.09. The number of fused-ring (bicyclic) bond motifs is 2. The van der Waals surface area contributed by atoms with E-state index >= 15 is 0 Å². The van der Waals surface area contributed by atoms with Crippen molar-refractivity contribution in [2.24, 2.45) is 7.05 Å². The summed E-state index contributed by atoms with van der Waals surface area (Å²) < 4.78 is 13.4. The summed E-state index contributed by atoms with van der Waals surface area (Å²) in [5, 5.41) is 8.37. The Balaban J connectivity index is 1.49. The maximum Gasteiger partial charge on any atom is 0.355 e. The number of carbonyl (C=O) groups is 1. The molecule has 7 heteroatoms. The third-order valence-electron chi connectivity index (χ3n) is 6.85. The molecule has 0 bridgehead atoms. The molecule has 0 amide bonds. The average Bonchev–Trinajstić information content (AvgIpc) is 3.38. The number of rotatable bonds is 8. The van der Waals surface area contributed by atoms with Gasteiger partial charge in [0.1, 0.15) is 11.4 Å². The Bertz CT molecular complexity index is 1610. The van der Waals surface area contributed by atoms with Gasteiger partial charge in [-0.3, -0.25) is 4.68 Å². The highest BCUT2D eigenvalue weighted by Crippen LogP contribution is 2.40. The molecule has 0 fully saturated rings. The van der Waals surface area contributed by atoms with E-state index in [1.165, 1.54) is 0 Å². The fraction of sp³-hybridized carbons (Fsp3) is 0.267. The molecule has 0 unspecified atom stereocenters. The van der Waals surface area contributed by atoms with Crippen LogP contribution in [0.4, 0.5) is 0 Å². The first-order chi connectivity index (χ1) is 17.9. The van der Waals surface area contributed by atoms with E-state index < -0.39 is 0 Å². The maximum atomic E-state index is 13.0. The highest BCUT2D eigenvalue weighted by atomic mass is 35.5. The first-order valence-corrected chi connectivity index (χ1v) is 12.9. The van der Waals surface area contributed by atoms with E-state index in [0.717, 1.165) is 61.9 Å². The predicted molar refractivity (Wildman–Crippen MR) is 149 cm³/mol. The van der Waals surface area contributed by atoms with Crippen LogP contribution in [-0.4, -0.2) is 33.9 Å². The molecule has 3 aromatic carbocycles. The second-order valence-electron chi connectivity index (χ2n) is 9.14. The lowest BCUT2D eigenvalue weighted by Gasteiger charge is -2.10. The van der Waals surface area contributed by atoms with Crippen LogP contribution < -0.4 is 4.74 Å². The largest absolute Gasteiger partial charge is 0.493 e. The van der Waals surface area contributed by atoms with E-state index in [9.17, 15) is 4.79 Å². The van der Waals surface area contributed by atoms with Crippen molar-refractivity contribution in [2.45, 2.75) is 33.6 Å². The first-order valence-electron chi connectivity index (χ1n) is 12.5. The van der Waals surface area contributed by atoms with Crippen molar-refractivity contribution in [3.05, 3.63) is 82.3 Å². The van der Waals surface area contributed by atoms with E-state index in [1.54, 1.807) is 0 Å². The van der Waals surface area contributed by atoms with Crippen molar-refractivity contribution in [3.8, 4) is 16.9 Å². The Kier molecular flexibility index (Phi) is 6.94. The summed E-state index contributed by atoms with van der Waals surface area (Å²) >= 11 is 6.74. The zero-order valence-electron chi connectivity index (χ0n) is 21.5. The third-order valence-corrected chi connectivity index (χ3v) is 7.16. The average molecular weight is 516 g/mol. The second kappa shape index (κ2) is 10.3. The number of H-pyrrole nitrogens is 1. The number of nitrogens with zero attached hydrogens (tertiary/aromatic N) is 2. The lowest BCUT2D eigenvalue weighted by atomic mass is 9.98. The Morgan fingerprint density at radius 3 is 2.57 bits per heavy atom. The highest BCUT2D eigenvalue weighted by Gasteiger charge is 2.24. The summed E-state index contributed by atoms with van der Waals surface area (Å²) in [6, 6.07) is 18.1. The molecule has 0 aliphatic carbocycles. The predicted octanol–water partition coefficient (Wildman–Crippen LogP) is 7.18. The molecule has 0 spiro atoms. The molecule has 2 heterocycles. The van der Waals surface area contributed by atoms with Crippen LogP contribution in [0.15, 0.2) is 54.6 Å². The second-order valence-corrected chi connectivity index (χ2v) is 9.55. The molecule has 6 nitrogen and oxygen atoms in total. The van der Waals surface area contributed by atoms with Crippen LogP contribution in [-0.2, 0) is 18.2 Å². The maximum absolute atomic E-state index is 13.0. The smallest absolute Gasteiger partial charge is 0.355 e. The number of carbonyl (C=O) groups excluding carboxylic acids is 1. The molecule has 190 valence electrons. The van der Waals surface area contributed by atoms with Gasteiger partial charge in [0.05, 0.1) is 29.4 Å². The number of ether oxygens (including phenoxy) is 2. The number of hydrogen-bond donors (Lipinski definition) is 1. The summed E-state index contributed by atoms with van der Waals surface area (Å²) in [5.74, 6) is 0.490. The molecule has 0 aliphatic heterocycles. The van der Waals surface area contributed by atoms with Crippen LogP contribution in [0.1, 0.15) is 40.8 Å². The van der Waals surface area contributed by atoms with E-state index in [4.69, 9.17) is 21.1 Å². The van der Waals surface area contributed by atoms with Crippen molar-refractivity contribution in [1.29, 1.82) is 0 Å². The molecule has 0 radical (unpaired) electrons. The first kappa shape index (κ1) is 24.9. The minimum absolute atomic E-state index is 0.298. The van der Waals surface area contributed by atoms with Crippen molar-refractivity contribution in [1.82, 2.24) is 14.8 Å². The summed E-state index contributed by atoms with van der Waals surface area (Å²) in [6.07, 6.45) is 1.37. The summed E-state index contributed by atoms with van der Waals surface area (Å²) in [5.41, 5.74) is 5.90. The quantitative estimate of drug-likeness (QED) is 0.175. The van der Waals surface area contributed by atoms with Gasteiger partial charge in [-0.2, -0.15) is 5.10 Å². The zero-order chi connectivity index (χ0) is 26.1. The van der Waals surface area contributed by atoms with E-state index in [-0.39, 0.29) is 5.97 Å². The van der Waals surface area contributed by atoms with Gasteiger partial charge in [0.2, 0.25) is 0 Å². The summed E-state index contributed by atoms with van der Waals surface area (Å²) in [6.45, 7) is 6.61. The molecule has 5 aromatic rings. The van der Waals surface area contributed by atoms with Crippen molar-refractivity contribution in [2.75, 3.05) is 13.2 Å². The van der Waals surface area contributed by atoms with Crippen LogP contribution in [0.5, 0.6) is 5.75 Å². The molecule has 37 heavy (non-hydrogen) atoms. The van der Waals surface area contributed by atoms with E-state index in [2.05, 4.69) is 28.3 Å². The van der Waals surface area contributed by atoms with Crippen LogP contribution in [0.3, 0.4) is 0 Å². The Morgan fingerprint density at radius 1 is 1.03 bits per heavy atom. The lowest BCUT2D eigenvalue weighted by molar-refractivity contribution is 0.0519. The minimum Gasteiger partial charge on any atom is -0.493 e. The standard InChI is InChI=1S/C30H30ClN3O3/c1-5-36-30(35)29-22(13-9-17-37-25-14-8-11-20-10-6-7-12-21(20)25)23-15-16-24(31)27(28(23)32-29)26-18(2)33-34(4)19(26)3/h6-8,10-12,14-16,32H,5,9,13,17H2,1-4H3. The van der Waals surface area contributed by atoms with Crippen molar-refractivity contribution in [3.63, 3.8) is 0 Å². The fourth-order valence-corrected chi connectivity index (χ4v) is 5.32. The molecule has 1 N–H and O–H groups in total. The van der Waals surface area contributed by atoms with Gasteiger partial charge in [-0.1, -0.05) is 54.1 Å². The van der Waals surface area contributed by atoms with Gasteiger partial charge in [-0.05, 0) is 56.7 Å². The van der Waals surface area contributed by atoms with Gasteiger partial charge in [-0.15, -0.1) is 0 Å². The molecule has 0 aliphatic rings. The van der Waals surface area contributed by atoms with Crippen LogP contribution >= 0.6 is 11.6 Å². The number of esters is 1. The SMILES string of the molecule is CCOC(=O)c1[nH]c2c(-c3c(C)nn(C)c3C)c(Cl)ccc2c1CCCOc1cccc2ccccc12. The monoisotopic (exact) mass is 515 g/mol. The van der Waals surface area contributed by atoms with Gasteiger partial charge in [-0.25, -0.2) is 4.79 Å². The van der Waals surface area contributed by atoms with E-state index in [0.29, 0.717) is 30.4 Å². The number of aryl methyl sites for hydroxylation is 3. The number of aromatic amines is 1. The molecule has 2 aromatic heterocycles. The topological polar surface area (TPSA) is 69.1 Å². The van der Waals surface area contributed by atoms with Gasteiger partial charge in [0, 0.05) is 34.6 Å². The molecule has 0 saturated carbocycles. The molecule has 0 saturated heterocycles. The Morgan fingerprint density at radius 2 is 1.81 bits per heavy atom. The molecular formula is C30H30ClN3O3. The van der Waals surface area contributed by atoms with Gasteiger partial charge < -0.3 is 14.5 Å². The van der Waals surface area contributed by atoms with Gasteiger partial charge in [0.25, 0.3) is 0 Å². The highest BCUT2D eigenvalue weighted by molar-refractivity contribution is 6.35. The third kappa shape index (κ3) is 4.58. The number of benzene rings is 3. The van der Waals surface area contributed by atoms with Gasteiger partial charge >= 0.3 is 5.97 Å². The fourth-order valence-electron chi connectivity index (χ4n) is 5.06. The van der Waals surface area contributed by atoms with Crippen LogP contribution in [0.25, 0.3) is 32.8 Å². The minimum atomic E-state index is -0.370. The van der Waals surface area contributed by atoms with Crippen LogP contribution in [0.2, 0.25) is 5.02 Å². The Labute approximate surface area is 221 Å². The number of halogens is 1. The number of nitrogens with one attached hydrogen (secondary N) is 1. The normalized spacial score (nSPS) is 11.4. The molecule has 5 rings (SSSR count).